The molecule has 6 nitrogen and oxygen atoms in total. The maximum absolute atomic E-state index is 12.7. The molecule has 4 rings (SSSR count). The van der Waals surface area contributed by atoms with Gasteiger partial charge < -0.3 is 14.3 Å². The summed E-state index contributed by atoms with van der Waals surface area (Å²) in [5.74, 6) is 0.796. The first-order valence-corrected chi connectivity index (χ1v) is 10.5. The van der Waals surface area contributed by atoms with Crippen LogP contribution in [0.5, 0.6) is 0 Å². The van der Waals surface area contributed by atoms with Gasteiger partial charge in [-0.3, -0.25) is 14.5 Å². The molecular weight excluding hydrogens is 370 g/mol. The zero-order valence-electron chi connectivity index (χ0n) is 17.3. The Morgan fingerprint density at radius 1 is 1.28 bits per heavy atom. The number of amides is 2. The first-order chi connectivity index (χ1) is 13.9. The van der Waals surface area contributed by atoms with Gasteiger partial charge in [0.05, 0.1) is 24.5 Å². The fourth-order valence-electron chi connectivity index (χ4n) is 5.20. The van der Waals surface area contributed by atoms with Crippen LogP contribution in [-0.4, -0.2) is 41.6 Å². The second kappa shape index (κ2) is 7.92. The van der Waals surface area contributed by atoms with E-state index < -0.39 is 0 Å². The number of carbonyl (C=O) groups excluding carboxylic acids is 2. The molecule has 0 unspecified atom stereocenters. The molecule has 1 N–H and O–H groups in total. The lowest BCUT2D eigenvalue weighted by Gasteiger charge is -2.31. The van der Waals surface area contributed by atoms with Crippen LogP contribution in [0.2, 0.25) is 0 Å². The highest BCUT2D eigenvalue weighted by Gasteiger charge is 2.55. The molecule has 29 heavy (non-hydrogen) atoms. The molecule has 6 heteroatoms. The molecule has 2 saturated heterocycles. The van der Waals surface area contributed by atoms with Crippen LogP contribution in [0.3, 0.4) is 0 Å². The highest BCUT2D eigenvalue weighted by molar-refractivity contribution is 6.05. The first-order valence-electron chi connectivity index (χ1n) is 10.5. The Bertz CT molecular complexity index is 880. The van der Waals surface area contributed by atoms with E-state index in [0.29, 0.717) is 18.8 Å². The number of hydrogen-bond donors (Lipinski definition) is 1. The Morgan fingerprint density at radius 2 is 2.07 bits per heavy atom. The number of nitrogens with zero attached hydrogens (tertiary/aromatic N) is 1. The van der Waals surface area contributed by atoms with Crippen molar-refractivity contribution in [3.63, 3.8) is 0 Å². The Kier molecular flexibility index (Phi) is 5.49. The number of allylic oxidation sites excluding steroid dienone is 2. The molecule has 0 saturated carbocycles. The van der Waals surface area contributed by atoms with E-state index in [1.54, 1.807) is 13.1 Å². The van der Waals surface area contributed by atoms with E-state index >= 15 is 0 Å². The minimum atomic E-state index is -0.250. The predicted molar refractivity (Wildman–Crippen MR) is 107 cm³/mol. The van der Waals surface area contributed by atoms with Gasteiger partial charge >= 0.3 is 0 Å². The van der Waals surface area contributed by atoms with Gasteiger partial charge in [0.25, 0.3) is 0 Å². The molecule has 0 radical (unpaired) electrons. The zero-order valence-corrected chi connectivity index (χ0v) is 17.3. The van der Waals surface area contributed by atoms with Gasteiger partial charge in [0.1, 0.15) is 18.1 Å². The van der Waals surface area contributed by atoms with Gasteiger partial charge in [-0.1, -0.05) is 18.1 Å². The summed E-state index contributed by atoms with van der Waals surface area (Å²) in [5, 5.41) is 9.12. The van der Waals surface area contributed by atoms with Gasteiger partial charge in [-0.2, -0.15) is 0 Å². The summed E-state index contributed by atoms with van der Waals surface area (Å²) in [4.78, 5) is 26.5. The number of fused-ring (bicyclic) bond motifs is 3. The van der Waals surface area contributed by atoms with Gasteiger partial charge in [-0.25, -0.2) is 0 Å². The Balaban J connectivity index is 1.49. The molecule has 0 bridgehead atoms. The molecule has 2 fully saturated rings. The van der Waals surface area contributed by atoms with Gasteiger partial charge in [-0.15, -0.1) is 0 Å². The molecule has 1 aromatic rings. The van der Waals surface area contributed by atoms with E-state index in [0.717, 1.165) is 25.0 Å². The van der Waals surface area contributed by atoms with Crippen LogP contribution in [0, 0.1) is 17.8 Å². The summed E-state index contributed by atoms with van der Waals surface area (Å²) in [7, 11) is 1.60. The third kappa shape index (κ3) is 3.49. The fraction of sp³-hybridized carbons (Fsp3) is 0.565. The molecule has 4 atom stereocenters. The largest absolute Gasteiger partial charge is 0.459 e. The minimum Gasteiger partial charge on any atom is -0.459 e. The van der Waals surface area contributed by atoms with Gasteiger partial charge in [0.15, 0.2) is 0 Å². The Morgan fingerprint density at radius 3 is 2.76 bits per heavy atom. The highest BCUT2D eigenvalue weighted by Crippen LogP contribution is 2.50. The molecule has 1 aromatic heterocycles. The van der Waals surface area contributed by atoms with Gasteiger partial charge in [0, 0.05) is 13.0 Å². The first kappa shape index (κ1) is 20.1. The molecule has 0 aromatic carbocycles. The van der Waals surface area contributed by atoms with Crippen molar-refractivity contribution in [1.29, 1.82) is 0 Å². The number of rotatable bonds is 6. The maximum atomic E-state index is 12.7. The van der Waals surface area contributed by atoms with E-state index in [2.05, 4.69) is 13.8 Å². The lowest BCUT2D eigenvalue weighted by Crippen LogP contribution is -2.33. The average molecular weight is 399 g/mol. The van der Waals surface area contributed by atoms with Crippen molar-refractivity contribution in [1.82, 2.24) is 4.90 Å². The lowest BCUT2D eigenvalue weighted by atomic mass is 9.69. The number of carbonyl (C=O) groups is 2. The molecule has 3 heterocycles. The number of imide groups is 1. The number of aliphatic hydroxyl groups excluding tert-OH is 1. The van der Waals surface area contributed by atoms with Crippen molar-refractivity contribution < 1.29 is 23.8 Å². The Labute approximate surface area is 171 Å². The number of furan rings is 1. The summed E-state index contributed by atoms with van der Waals surface area (Å²) in [6.07, 6.45) is 5.29. The smallest absolute Gasteiger partial charge is 0.233 e. The van der Waals surface area contributed by atoms with E-state index in [-0.39, 0.29) is 42.3 Å². The summed E-state index contributed by atoms with van der Waals surface area (Å²) >= 11 is 0. The third-order valence-corrected chi connectivity index (χ3v) is 6.68. The lowest BCUT2D eigenvalue weighted by molar-refractivity contribution is -0.138. The average Bonchev–Trinajstić information content (AvgIpc) is 3.40. The topological polar surface area (TPSA) is 80.0 Å². The van der Waals surface area contributed by atoms with Crippen molar-refractivity contribution >= 4 is 17.9 Å². The normalized spacial score (nSPS) is 29.7. The fourth-order valence-corrected chi connectivity index (χ4v) is 5.20. The molecule has 0 spiro atoms. The molecule has 2 aliphatic heterocycles. The Hall–Kier alpha value is -2.18. The van der Waals surface area contributed by atoms with Crippen LogP contribution >= 0.6 is 0 Å². The highest BCUT2D eigenvalue weighted by atomic mass is 16.5. The molecule has 156 valence electrons. The SMILES string of the molecule is CCC1=C2[C@@H](CC/C(C)=C/c3ccc(CO)o3)OC[C@@H]2[C@@H]2C(=O)N(C)C(=O)[C@@H]2C1. The molecule has 3 aliphatic rings. The summed E-state index contributed by atoms with van der Waals surface area (Å²) in [6, 6.07) is 3.63. The number of aliphatic hydroxyl groups is 1. The predicted octanol–water partition coefficient (Wildman–Crippen LogP) is 3.31. The summed E-state index contributed by atoms with van der Waals surface area (Å²) < 4.78 is 11.7. The molecular formula is C23H29NO5. The minimum absolute atomic E-state index is 0.0117. The van der Waals surface area contributed by atoms with Gasteiger partial charge in [-0.05, 0) is 56.4 Å². The number of ether oxygens (including phenoxy) is 1. The van der Waals surface area contributed by atoms with Crippen LogP contribution in [-0.2, 0) is 20.9 Å². The summed E-state index contributed by atoms with van der Waals surface area (Å²) in [6.45, 7) is 4.61. The van der Waals surface area contributed by atoms with Crippen molar-refractivity contribution in [3.05, 3.63) is 40.4 Å². The molecule has 1 aliphatic carbocycles. The molecule has 2 amide bonds. The van der Waals surface area contributed by atoms with E-state index in [4.69, 9.17) is 14.3 Å². The van der Waals surface area contributed by atoms with E-state index in [9.17, 15) is 9.59 Å². The van der Waals surface area contributed by atoms with Gasteiger partial charge in [0.2, 0.25) is 11.8 Å². The van der Waals surface area contributed by atoms with E-state index in [1.807, 2.05) is 12.1 Å². The number of hydrogen-bond acceptors (Lipinski definition) is 5. The van der Waals surface area contributed by atoms with Crippen molar-refractivity contribution in [2.45, 2.75) is 52.2 Å². The van der Waals surface area contributed by atoms with Crippen molar-refractivity contribution in [3.8, 4) is 0 Å². The van der Waals surface area contributed by atoms with Crippen LogP contribution in [0.25, 0.3) is 6.08 Å². The quantitative estimate of drug-likeness (QED) is 0.586. The second-order valence-electron chi connectivity index (χ2n) is 8.40. The van der Waals surface area contributed by atoms with Crippen LogP contribution < -0.4 is 0 Å². The standard InChI is InChI=1S/C23H29NO5/c1-4-14-10-17-21(23(27)24(3)22(17)26)18-12-28-19(20(14)18)8-5-13(2)9-15-6-7-16(11-25)29-15/h6-7,9,17-19,21,25H,4-5,8,10-12H2,1-3H3/b13-9+/t17-,18+,19-,21-/m1/s1. The summed E-state index contributed by atoms with van der Waals surface area (Å²) in [5.41, 5.74) is 3.75. The van der Waals surface area contributed by atoms with Crippen LogP contribution in [0.15, 0.2) is 33.3 Å². The van der Waals surface area contributed by atoms with Crippen LogP contribution in [0.1, 0.15) is 51.1 Å². The van der Waals surface area contributed by atoms with E-state index in [1.165, 1.54) is 21.6 Å². The van der Waals surface area contributed by atoms with Crippen molar-refractivity contribution in [2.24, 2.45) is 17.8 Å². The number of likely N-dealkylation sites (tertiary alicyclic amines) is 1. The van der Waals surface area contributed by atoms with Crippen LogP contribution in [0.4, 0.5) is 0 Å². The third-order valence-electron chi connectivity index (χ3n) is 6.68. The maximum Gasteiger partial charge on any atom is 0.233 e. The van der Waals surface area contributed by atoms with Crippen molar-refractivity contribution in [2.75, 3.05) is 13.7 Å². The second-order valence-corrected chi connectivity index (χ2v) is 8.40. The monoisotopic (exact) mass is 399 g/mol. The zero-order chi connectivity index (χ0) is 20.7.